The van der Waals surface area contributed by atoms with Crippen LogP contribution in [0.3, 0.4) is 0 Å². The third-order valence-corrected chi connectivity index (χ3v) is 3.95. The fourth-order valence-electron chi connectivity index (χ4n) is 2.53. The van der Waals surface area contributed by atoms with Gasteiger partial charge in [-0.3, -0.25) is 0 Å². The van der Waals surface area contributed by atoms with Gasteiger partial charge in [-0.25, -0.2) is 9.97 Å². The highest BCUT2D eigenvalue weighted by molar-refractivity contribution is 6.30. The topological polar surface area (TPSA) is 41.1 Å². The Balaban J connectivity index is 1.93. The second kappa shape index (κ2) is 6.41. The number of rotatable bonds is 2. The van der Waals surface area contributed by atoms with Gasteiger partial charge in [0.2, 0.25) is 5.95 Å². The highest BCUT2D eigenvalue weighted by Gasteiger charge is 2.14. The summed E-state index contributed by atoms with van der Waals surface area (Å²) in [5, 5.41) is 4.14. The van der Waals surface area contributed by atoms with Crippen molar-refractivity contribution in [3.8, 4) is 11.3 Å². The number of nitrogens with one attached hydrogen (secondary N) is 1. The van der Waals surface area contributed by atoms with Gasteiger partial charge < -0.3 is 10.2 Å². The van der Waals surface area contributed by atoms with Gasteiger partial charge in [0.05, 0.1) is 5.69 Å². The molecular formula is C16H19ClN4. The van der Waals surface area contributed by atoms with Crippen LogP contribution in [0.5, 0.6) is 0 Å². The van der Waals surface area contributed by atoms with E-state index in [1.165, 1.54) is 0 Å². The molecule has 110 valence electrons. The summed E-state index contributed by atoms with van der Waals surface area (Å²) in [5.74, 6) is 0.814. The number of aromatic nitrogens is 2. The minimum absolute atomic E-state index is 0.740. The Morgan fingerprint density at radius 2 is 1.95 bits per heavy atom. The molecule has 1 aliphatic rings. The standard InChI is InChI=1S/C16H19ClN4/c1-12-11-19-16(21-9-2-7-18-8-10-21)20-15(12)13-3-5-14(17)6-4-13/h3-6,11,18H,2,7-10H2,1H3. The fourth-order valence-corrected chi connectivity index (χ4v) is 2.66. The second-order valence-corrected chi connectivity index (χ2v) is 5.74. The number of nitrogens with zero attached hydrogens (tertiary/aromatic N) is 3. The van der Waals surface area contributed by atoms with Gasteiger partial charge in [0.1, 0.15) is 0 Å². The second-order valence-electron chi connectivity index (χ2n) is 5.30. The molecule has 1 aromatic carbocycles. The number of aryl methyl sites for hydroxylation is 1. The Bertz CT molecular complexity index is 604. The molecule has 3 rings (SSSR count). The molecule has 1 fully saturated rings. The highest BCUT2D eigenvalue weighted by Crippen LogP contribution is 2.24. The van der Waals surface area contributed by atoms with Crippen molar-refractivity contribution in [1.29, 1.82) is 0 Å². The van der Waals surface area contributed by atoms with Crippen LogP contribution in [0.1, 0.15) is 12.0 Å². The molecule has 21 heavy (non-hydrogen) atoms. The third-order valence-electron chi connectivity index (χ3n) is 3.70. The SMILES string of the molecule is Cc1cnc(N2CCCNCC2)nc1-c1ccc(Cl)cc1. The van der Waals surface area contributed by atoms with Crippen LogP contribution in [-0.2, 0) is 0 Å². The maximum atomic E-state index is 5.96. The lowest BCUT2D eigenvalue weighted by molar-refractivity contribution is 0.724. The normalized spacial score (nSPS) is 15.8. The molecule has 0 radical (unpaired) electrons. The van der Waals surface area contributed by atoms with E-state index in [1.807, 2.05) is 37.4 Å². The Hall–Kier alpha value is -1.65. The smallest absolute Gasteiger partial charge is 0.225 e. The molecule has 1 N–H and O–H groups in total. The molecule has 2 aromatic rings. The summed E-state index contributed by atoms with van der Waals surface area (Å²) < 4.78 is 0. The predicted octanol–water partition coefficient (Wildman–Crippen LogP) is 2.91. The summed E-state index contributed by atoms with van der Waals surface area (Å²) in [6.45, 7) is 6.02. The van der Waals surface area contributed by atoms with E-state index in [4.69, 9.17) is 16.6 Å². The molecule has 1 saturated heterocycles. The van der Waals surface area contributed by atoms with Crippen LogP contribution < -0.4 is 10.2 Å². The van der Waals surface area contributed by atoms with Gasteiger partial charge in [-0.1, -0.05) is 23.7 Å². The zero-order valence-electron chi connectivity index (χ0n) is 12.1. The first-order valence-corrected chi connectivity index (χ1v) is 7.67. The molecule has 2 heterocycles. The van der Waals surface area contributed by atoms with Crippen LogP contribution >= 0.6 is 11.6 Å². The van der Waals surface area contributed by atoms with Crippen molar-refractivity contribution in [3.63, 3.8) is 0 Å². The van der Waals surface area contributed by atoms with Crippen LogP contribution in [0.15, 0.2) is 30.5 Å². The Morgan fingerprint density at radius 1 is 1.14 bits per heavy atom. The molecule has 1 aliphatic heterocycles. The summed E-state index contributed by atoms with van der Waals surface area (Å²) >= 11 is 5.96. The summed E-state index contributed by atoms with van der Waals surface area (Å²) in [6, 6.07) is 7.80. The van der Waals surface area contributed by atoms with Crippen molar-refractivity contribution < 1.29 is 0 Å². The van der Waals surface area contributed by atoms with Crippen LogP contribution in [0.2, 0.25) is 5.02 Å². The van der Waals surface area contributed by atoms with Crippen LogP contribution in [0.4, 0.5) is 5.95 Å². The zero-order valence-corrected chi connectivity index (χ0v) is 12.9. The molecule has 0 spiro atoms. The molecule has 0 atom stereocenters. The minimum Gasteiger partial charge on any atom is -0.339 e. The quantitative estimate of drug-likeness (QED) is 0.926. The predicted molar refractivity (Wildman–Crippen MR) is 86.9 cm³/mol. The Labute approximate surface area is 130 Å². The van der Waals surface area contributed by atoms with Crippen LogP contribution in [0.25, 0.3) is 11.3 Å². The van der Waals surface area contributed by atoms with E-state index in [-0.39, 0.29) is 0 Å². The van der Waals surface area contributed by atoms with E-state index < -0.39 is 0 Å². The minimum atomic E-state index is 0.740. The summed E-state index contributed by atoms with van der Waals surface area (Å²) in [7, 11) is 0. The average Bonchev–Trinajstić information content (AvgIpc) is 2.78. The molecule has 0 unspecified atom stereocenters. The lowest BCUT2D eigenvalue weighted by atomic mass is 10.1. The van der Waals surface area contributed by atoms with Crippen molar-refractivity contribution in [2.75, 3.05) is 31.1 Å². The van der Waals surface area contributed by atoms with Crippen molar-refractivity contribution in [2.24, 2.45) is 0 Å². The van der Waals surface area contributed by atoms with E-state index in [0.29, 0.717) is 0 Å². The van der Waals surface area contributed by atoms with Crippen LogP contribution in [-0.4, -0.2) is 36.1 Å². The zero-order chi connectivity index (χ0) is 14.7. The van der Waals surface area contributed by atoms with E-state index in [0.717, 1.165) is 60.4 Å². The summed E-state index contributed by atoms with van der Waals surface area (Å²) in [6.07, 6.45) is 3.03. The molecule has 5 heteroatoms. The van der Waals surface area contributed by atoms with Gasteiger partial charge in [0.25, 0.3) is 0 Å². The number of benzene rings is 1. The van der Waals surface area contributed by atoms with E-state index >= 15 is 0 Å². The lowest BCUT2D eigenvalue weighted by Gasteiger charge is -2.20. The van der Waals surface area contributed by atoms with Gasteiger partial charge in [0.15, 0.2) is 0 Å². The van der Waals surface area contributed by atoms with Crippen LogP contribution in [0, 0.1) is 6.92 Å². The van der Waals surface area contributed by atoms with Crippen molar-refractivity contribution in [3.05, 3.63) is 41.0 Å². The van der Waals surface area contributed by atoms with Gasteiger partial charge in [-0.05, 0) is 37.6 Å². The van der Waals surface area contributed by atoms with Crippen molar-refractivity contribution in [2.45, 2.75) is 13.3 Å². The largest absolute Gasteiger partial charge is 0.339 e. The molecule has 1 aromatic heterocycles. The number of hydrogen-bond donors (Lipinski definition) is 1. The first-order chi connectivity index (χ1) is 10.2. The molecule has 4 nitrogen and oxygen atoms in total. The maximum Gasteiger partial charge on any atom is 0.225 e. The van der Waals surface area contributed by atoms with Crippen molar-refractivity contribution >= 4 is 17.5 Å². The lowest BCUT2D eigenvalue weighted by Crippen LogP contribution is -2.29. The van der Waals surface area contributed by atoms with Gasteiger partial charge in [-0.15, -0.1) is 0 Å². The van der Waals surface area contributed by atoms with Crippen molar-refractivity contribution in [1.82, 2.24) is 15.3 Å². The Morgan fingerprint density at radius 3 is 2.76 bits per heavy atom. The fraction of sp³-hybridized carbons (Fsp3) is 0.375. The molecule has 0 saturated carbocycles. The van der Waals surface area contributed by atoms with E-state index in [2.05, 4.69) is 15.2 Å². The molecule has 0 amide bonds. The first kappa shape index (κ1) is 14.3. The number of hydrogen-bond acceptors (Lipinski definition) is 4. The van der Waals surface area contributed by atoms with Gasteiger partial charge >= 0.3 is 0 Å². The van der Waals surface area contributed by atoms with E-state index in [1.54, 1.807) is 0 Å². The maximum absolute atomic E-state index is 5.96. The summed E-state index contributed by atoms with van der Waals surface area (Å²) in [4.78, 5) is 11.5. The molecular weight excluding hydrogens is 284 g/mol. The highest BCUT2D eigenvalue weighted by atomic mass is 35.5. The Kier molecular flexibility index (Phi) is 4.36. The van der Waals surface area contributed by atoms with Gasteiger partial charge in [-0.2, -0.15) is 0 Å². The third kappa shape index (κ3) is 3.34. The number of halogens is 1. The first-order valence-electron chi connectivity index (χ1n) is 7.29. The average molecular weight is 303 g/mol. The summed E-state index contributed by atoms with van der Waals surface area (Å²) in [5.41, 5.74) is 3.14. The monoisotopic (exact) mass is 302 g/mol. The van der Waals surface area contributed by atoms with Gasteiger partial charge in [0, 0.05) is 36.4 Å². The molecule has 0 aliphatic carbocycles. The van der Waals surface area contributed by atoms with E-state index in [9.17, 15) is 0 Å². The molecule has 0 bridgehead atoms. The number of anilines is 1.